The average Bonchev–Trinajstić information content (AvgIpc) is 2.89. The number of hydrogen-bond donors (Lipinski definition) is 1. The number of nitrogens with zero attached hydrogens (tertiary/aromatic N) is 2. The van der Waals surface area contributed by atoms with Crippen LogP contribution >= 0.6 is 11.8 Å². The Hall–Kier alpha value is -0.480. The molecule has 4 heteroatoms. The fraction of sp³-hybridized carbons (Fsp3) is 0.812. The van der Waals surface area contributed by atoms with Crippen molar-refractivity contribution in [2.75, 3.05) is 12.8 Å². The van der Waals surface area contributed by atoms with Gasteiger partial charge in [-0.05, 0) is 39.9 Å². The van der Waals surface area contributed by atoms with Crippen molar-refractivity contribution in [3.63, 3.8) is 0 Å². The van der Waals surface area contributed by atoms with Crippen LogP contribution in [0, 0.1) is 0 Å². The fourth-order valence-corrected chi connectivity index (χ4v) is 3.85. The summed E-state index contributed by atoms with van der Waals surface area (Å²) in [5.74, 6) is 0. The van der Waals surface area contributed by atoms with Crippen molar-refractivity contribution in [3.05, 3.63) is 18.0 Å². The minimum Gasteiger partial charge on any atom is -0.311 e. The maximum absolute atomic E-state index is 4.46. The predicted molar refractivity (Wildman–Crippen MR) is 88.3 cm³/mol. The first-order valence-electron chi connectivity index (χ1n) is 7.75. The number of thioether (sulfide) groups is 1. The molecule has 2 rings (SSSR count). The summed E-state index contributed by atoms with van der Waals surface area (Å²) in [4.78, 5) is 0. The summed E-state index contributed by atoms with van der Waals surface area (Å²) in [5.41, 5.74) is 1.36. The topological polar surface area (TPSA) is 29.9 Å². The van der Waals surface area contributed by atoms with Crippen LogP contribution in [0.1, 0.15) is 58.4 Å². The molecule has 0 spiro atoms. The number of hydrogen-bond acceptors (Lipinski definition) is 3. The molecule has 0 atom stereocenters. The highest BCUT2D eigenvalue weighted by atomic mass is 32.2. The second-order valence-electron chi connectivity index (χ2n) is 7.02. The van der Waals surface area contributed by atoms with E-state index in [4.69, 9.17) is 0 Å². The molecule has 1 fully saturated rings. The number of nitrogens with one attached hydrogen (secondary N) is 1. The second kappa shape index (κ2) is 6.52. The van der Waals surface area contributed by atoms with Gasteiger partial charge in [-0.3, -0.25) is 4.68 Å². The normalized spacial score (nSPS) is 19.2. The largest absolute Gasteiger partial charge is 0.311 e. The summed E-state index contributed by atoms with van der Waals surface area (Å²) in [6, 6.07) is 0. The standard InChI is InChI=1S/C16H29N3S/c1-15(2,3)19-12-14(11-18-19)10-17-13-16(20-4)8-6-5-7-9-16/h11-12,17H,5-10,13H2,1-4H3. The lowest BCUT2D eigenvalue weighted by Gasteiger charge is -2.36. The molecule has 1 aromatic heterocycles. The Kier molecular flexibility index (Phi) is 5.19. The molecule has 0 unspecified atom stereocenters. The van der Waals surface area contributed by atoms with E-state index >= 15 is 0 Å². The van der Waals surface area contributed by atoms with Gasteiger partial charge in [-0.25, -0.2) is 0 Å². The van der Waals surface area contributed by atoms with Crippen molar-refractivity contribution in [2.45, 2.75) is 69.7 Å². The molecule has 114 valence electrons. The zero-order chi connectivity index (χ0) is 14.6. The highest BCUT2D eigenvalue weighted by Crippen LogP contribution is 2.37. The van der Waals surface area contributed by atoms with Crippen LogP contribution in [0.15, 0.2) is 12.4 Å². The summed E-state index contributed by atoms with van der Waals surface area (Å²) < 4.78 is 2.52. The molecular weight excluding hydrogens is 266 g/mol. The molecule has 0 aliphatic heterocycles. The van der Waals surface area contributed by atoms with E-state index in [1.807, 2.05) is 6.20 Å². The molecule has 1 N–H and O–H groups in total. The molecule has 1 aromatic rings. The van der Waals surface area contributed by atoms with Crippen molar-refractivity contribution < 1.29 is 0 Å². The zero-order valence-electron chi connectivity index (χ0n) is 13.4. The molecule has 20 heavy (non-hydrogen) atoms. The Labute approximate surface area is 127 Å². The maximum atomic E-state index is 4.46. The van der Waals surface area contributed by atoms with Crippen LogP contribution in [-0.2, 0) is 12.1 Å². The molecule has 1 saturated carbocycles. The van der Waals surface area contributed by atoms with E-state index in [1.54, 1.807) is 0 Å². The van der Waals surface area contributed by atoms with E-state index in [9.17, 15) is 0 Å². The van der Waals surface area contributed by atoms with E-state index in [0.717, 1.165) is 13.1 Å². The van der Waals surface area contributed by atoms with Crippen LogP contribution in [0.4, 0.5) is 0 Å². The van der Waals surface area contributed by atoms with Crippen LogP contribution in [-0.4, -0.2) is 27.3 Å². The van der Waals surface area contributed by atoms with Crippen LogP contribution in [0.3, 0.4) is 0 Å². The van der Waals surface area contributed by atoms with Crippen LogP contribution in [0.5, 0.6) is 0 Å². The average molecular weight is 295 g/mol. The lowest BCUT2D eigenvalue weighted by Crippen LogP contribution is -2.39. The van der Waals surface area contributed by atoms with Gasteiger partial charge in [0.1, 0.15) is 0 Å². The van der Waals surface area contributed by atoms with E-state index < -0.39 is 0 Å². The van der Waals surface area contributed by atoms with Gasteiger partial charge in [-0.15, -0.1) is 0 Å². The van der Waals surface area contributed by atoms with Crippen molar-refractivity contribution in [1.82, 2.24) is 15.1 Å². The minimum atomic E-state index is 0.0715. The first-order valence-corrected chi connectivity index (χ1v) is 8.98. The summed E-state index contributed by atoms with van der Waals surface area (Å²) in [6.07, 6.45) is 13.4. The highest BCUT2D eigenvalue weighted by molar-refractivity contribution is 8.00. The van der Waals surface area contributed by atoms with Crippen molar-refractivity contribution in [2.24, 2.45) is 0 Å². The molecule has 0 saturated heterocycles. The maximum Gasteiger partial charge on any atom is 0.0543 e. The van der Waals surface area contributed by atoms with Crippen LogP contribution < -0.4 is 5.32 Å². The third-order valence-corrected chi connectivity index (χ3v) is 5.72. The van der Waals surface area contributed by atoms with Crippen LogP contribution in [0.25, 0.3) is 0 Å². The Morgan fingerprint density at radius 2 is 2.00 bits per heavy atom. The number of aromatic nitrogens is 2. The lowest BCUT2D eigenvalue weighted by molar-refractivity contribution is 0.355. The molecule has 1 aliphatic carbocycles. The van der Waals surface area contributed by atoms with Gasteiger partial charge in [0.15, 0.2) is 0 Å². The molecule has 3 nitrogen and oxygen atoms in total. The summed E-state index contributed by atoms with van der Waals surface area (Å²) in [6.45, 7) is 8.60. The van der Waals surface area contributed by atoms with Gasteiger partial charge < -0.3 is 5.32 Å². The lowest BCUT2D eigenvalue weighted by atomic mass is 9.88. The molecule has 0 bridgehead atoms. The summed E-state index contributed by atoms with van der Waals surface area (Å²) >= 11 is 2.05. The third kappa shape index (κ3) is 4.01. The molecular formula is C16H29N3S. The second-order valence-corrected chi connectivity index (χ2v) is 8.29. The van der Waals surface area contributed by atoms with Crippen molar-refractivity contribution in [1.29, 1.82) is 0 Å². The Morgan fingerprint density at radius 1 is 1.30 bits per heavy atom. The van der Waals surface area contributed by atoms with Gasteiger partial charge in [0.2, 0.25) is 0 Å². The smallest absolute Gasteiger partial charge is 0.0543 e. The Morgan fingerprint density at radius 3 is 2.55 bits per heavy atom. The first kappa shape index (κ1) is 15.9. The quantitative estimate of drug-likeness (QED) is 0.896. The third-order valence-electron chi connectivity index (χ3n) is 4.30. The van der Waals surface area contributed by atoms with Crippen LogP contribution in [0.2, 0.25) is 0 Å². The Bertz CT molecular complexity index is 414. The first-order chi connectivity index (χ1) is 9.45. The van der Waals surface area contributed by atoms with Gasteiger partial charge in [0.05, 0.1) is 11.7 Å². The highest BCUT2D eigenvalue weighted by Gasteiger charge is 2.30. The molecule has 0 radical (unpaired) electrons. The molecule has 0 amide bonds. The Balaban J connectivity index is 1.84. The zero-order valence-corrected chi connectivity index (χ0v) is 14.2. The van der Waals surface area contributed by atoms with E-state index in [1.165, 1.54) is 37.7 Å². The fourth-order valence-electron chi connectivity index (χ4n) is 2.90. The van der Waals surface area contributed by atoms with Gasteiger partial charge in [0.25, 0.3) is 0 Å². The summed E-state index contributed by atoms with van der Waals surface area (Å²) in [5, 5.41) is 8.12. The predicted octanol–water partition coefficient (Wildman–Crippen LogP) is 3.79. The van der Waals surface area contributed by atoms with Gasteiger partial charge in [-0.1, -0.05) is 19.3 Å². The van der Waals surface area contributed by atoms with E-state index in [2.05, 4.69) is 60.1 Å². The van der Waals surface area contributed by atoms with Crippen molar-refractivity contribution >= 4 is 11.8 Å². The van der Waals surface area contributed by atoms with E-state index in [-0.39, 0.29) is 5.54 Å². The monoisotopic (exact) mass is 295 g/mol. The molecule has 0 aromatic carbocycles. The number of rotatable bonds is 5. The van der Waals surface area contributed by atoms with Crippen molar-refractivity contribution in [3.8, 4) is 0 Å². The SMILES string of the molecule is CSC1(CNCc2cnn(C(C)(C)C)c2)CCCCC1. The van der Waals surface area contributed by atoms with E-state index in [0.29, 0.717) is 4.75 Å². The molecule has 1 heterocycles. The van der Waals surface area contributed by atoms with Gasteiger partial charge in [0, 0.05) is 29.6 Å². The molecule has 1 aliphatic rings. The minimum absolute atomic E-state index is 0.0715. The van der Waals surface area contributed by atoms with Gasteiger partial charge in [-0.2, -0.15) is 16.9 Å². The summed E-state index contributed by atoms with van der Waals surface area (Å²) in [7, 11) is 0. The van der Waals surface area contributed by atoms with Gasteiger partial charge >= 0.3 is 0 Å².